The summed E-state index contributed by atoms with van der Waals surface area (Å²) in [7, 11) is -3.82. The van der Waals surface area contributed by atoms with Gasteiger partial charge >= 0.3 is 0 Å². The lowest BCUT2D eigenvalue weighted by molar-refractivity contribution is 0.0938. The van der Waals surface area contributed by atoms with E-state index in [9.17, 15) is 13.2 Å². The topological polar surface area (TPSA) is 66.5 Å². The summed E-state index contributed by atoms with van der Waals surface area (Å²) in [6, 6.07) is 24.9. The van der Waals surface area contributed by atoms with Gasteiger partial charge in [-0.15, -0.1) is 0 Å². The number of hydrogen-bond acceptors (Lipinski definition) is 3. The molecule has 0 aliphatic heterocycles. The molecule has 3 aromatic carbocycles. The molecule has 4 rings (SSSR count). The molecule has 0 bridgehead atoms. The highest BCUT2D eigenvalue weighted by atomic mass is 32.2. The Morgan fingerprint density at radius 2 is 1.52 bits per heavy atom. The number of amides is 1. The Morgan fingerprint density at radius 3 is 2.19 bits per heavy atom. The summed E-state index contributed by atoms with van der Waals surface area (Å²) in [5.41, 5.74) is 1.79. The zero-order chi connectivity index (χ0) is 21.7. The minimum absolute atomic E-state index is 0.162. The summed E-state index contributed by atoms with van der Waals surface area (Å²) in [6.07, 6.45) is 4.25. The molecule has 0 unspecified atom stereocenters. The van der Waals surface area contributed by atoms with E-state index in [1.807, 2.05) is 30.3 Å². The van der Waals surface area contributed by atoms with Gasteiger partial charge in [0.05, 0.1) is 17.1 Å². The van der Waals surface area contributed by atoms with Gasteiger partial charge in [0.1, 0.15) is 0 Å². The number of nitrogens with zero attached hydrogens (tertiary/aromatic N) is 1. The number of carbonyl (C=O) groups is 1. The molecule has 1 N–H and O–H groups in total. The summed E-state index contributed by atoms with van der Waals surface area (Å²) in [5.74, 6) is -0.162. The molecule has 0 spiro atoms. The number of sulfonamides is 1. The molecule has 0 atom stereocenters. The number of benzene rings is 3. The fourth-order valence-electron chi connectivity index (χ4n) is 3.93. The third kappa shape index (κ3) is 4.97. The molecule has 1 fully saturated rings. The average Bonchev–Trinajstić information content (AvgIpc) is 3.32. The lowest BCUT2D eigenvalue weighted by atomic mass is 10.1. The molecule has 1 amide bonds. The molecule has 3 aromatic rings. The van der Waals surface area contributed by atoms with Crippen molar-refractivity contribution in [1.29, 1.82) is 0 Å². The number of nitrogens with one attached hydrogen (secondary N) is 1. The third-order valence-corrected chi connectivity index (χ3v) is 7.38. The lowest BCUT2D eigenvalue weighted by Crippen LogP contribution is -2.33. The van der Waals surface area contributed by atoms with Gasteiger partial charge in [0, 0.05) is 11.6 Å². The van der Waals surface area contributed by atoms with Crippen molar-refractivity contribution in [3.63, 3.8) is 0 Å². The molecule has 1 aliphatic carbocycles. The zero-order valence-corrected chi connectivity index (χ0v) is 18.1. The second-order valence-corrected chi connectivity index (χ2v) is 9.68. The van der Waals surface area contributed by atoms with Gasteiger partial charge in [-0.05, 0) is 48.7 Å². The minimum Gasteiger partial charge on any atom is -0.349 e. The molecular formula is C25H26N2O3S. The van der Waals surface area contributed by atoms with Crippen LogP contribution >= 0.6 is 0 Å². The molecule has 0 saturated heterocycles. The van der Waals surface area contributed by atoms with Gasteiger partial charge in [0.15, 0.2) is 0 Å². The third-order valence-electron chi connectivity index (χ3n) is 5.59. The SMILES string of the molecule is O=C(NC1CCCC1)c1cccc(N(Cc2ccccc2)S(=O)(=O)c2ccccc2)c1. The van der Waals surface area contributed by atoms with Crippen molar-refractivity contribution in [1.82, 2.24) is 5.32 Å². The van der Waals surface area contributed by atoms with Gasteiger partial charge in [0.25, 0.3) is 15.9 Å². The van der Waals surface area contributed by atoms with Gasteiger partial charge in [-0.3, -0.25) is 9.10 Å². The van der Waals surface area contributed by atoms with Crippen LogP contribution in [0.3, 0.4) is 0 Å². The van der Waals surface area contributed by atoms with Crippen LogP contribution < -0.4 is 9.62 Å². The first kappa shape index (κ1) is 21.1. The van der Waals surface area contributed by atoms with Crippen molar-refractivity contribution in [2.75, 3.05) is 4.31 Å². The van der Waals surface area contributed by atoms with E-state index < -0.39 is 10.0 Å². The maximum absolute atomic E-state index is 13.5. The van der Waals surface area contributed by atoms with Crippen LogP contribution in [0.4, 0.5) is 5.69 Å². The Bertz CT molecular complexity index is 1130. The first-order valence-electron chi connectivity index (χ1n) is 10.6. The van der Waals surface area contributed by atoms with E-state index in [2.05, 4.69) is 5.32 Å². The smallest absolute Gasteiger partial charge is 0.264 e. The molecule has 6 heteroatoms. The number of rotatable bonds is 7. The quantitative estimate of drug-likeness (QED) is 0.583. The molecule has 0 heterocycles. The van der Waals surface area contributed by atoms with Crippen LogP contribution in [-0.4, -0.2) is 20.4 Å². The summed E-state index contributed by atoms with van der Waals surface area (Å²) < 4.78 is 28.4. The van der Waals surface area contributed by atoms with Crippen molar-refractivity contribution in [3.8, 4) is 0 Å². The molecule has 1 aliphatic rings. The second-order valence-electron chi connectivity index (χ2n) is 7.82. The van der Waals surface area contributed by atoms with Crippen LogP contribution in [-0.2, 0) is 16.6 Å². The highest BCUT2D eigenvalue weighted by molar-refractivity contribution is 7.92. The normalized spacial score (nSPS) is 14.3. The van der Waals surface area contributed by atoms with E-state index in [1.165, 1.54) is 4.31 Å². The van der Waals surface area contributed by atoms with Crippen molar-refractivity contribution >= 4 is 21.6 Å². The molecule has 0 radical (unpaired) electrons. The van der Waals surface area contributed by atoms with E-state index in [0.717, 1.165) is 31.2 Å². The number of hydrogen-bond donors (Lipinski definition) is 1. The first-order chi connectivity index (χ1) is 15.0. The Hall–Kier alpha value is -3.12. The Balaban J connectivity index is 1.69. The van der Waals surface area contributed by atoms with Crippen LogP contribution in [0, 0.1) is 0 Å². The van der Waals surface area contributed by atoms with Gasteiger partial charge < -0.3 is 5.32 Å². The van der Waals surface area contributed by atoms with Gasteiger partial charge in [-0.25, -0.2) is 8.42 Å². The maximum atomic E-state index is 13.5. The van der Waals surface area contributed by atoms with Crippen LogP contribution in [0.15, 0.2) is 89.8 Å². The highest BCUT2D eigenvalue weighted by Gasteiger charge is 2.26. The van der Waals surface area contributed by atoms with Crippen molar-refractivity contribution < 1.29 is 13.2 Å². The fourth-order valence-corrected chi connectivity index (χ4v) is 5.39. The van der Waals surface area contributed by atoms with Crippen molar-refractivity contribution in [2.45, 2.75) is 43.2 Å². The molecule has 31 heavy (non-hydrogen) atoms. The monoisotopic (exact) mass is 434 g/mol. The van der Waals surface area contributed by atoms with Crippen LogP contribution in [0.5, 0.6) is 0 Å². The number of anilines is 1. The Morgan fingerprint density at radius 1 is 0.871 bits per heavy atom. The first-order valence-corrected chi connectivity index (χ1v) is 12.0. The maximum Gasteiger partial charge on any atom is 0.264 e. The Labute approximate surface area is 183 Å². The fraction of sp³-hybridized carbons (Fsp3) is 0.240. The zero-order valence-electron chi connectivity index (χ0n) is 17.3. The summed E-state index contributed by atoms with van der Waals surface area (Å²) in [5, 5.41) is 3.07. The summed E-state index contributed by atoms with van der Waals surface area (Å²) >= 11 is 0. The predicted molar refractivity (Wildman–Crippen MR) is 122 cm³/mol. The lowest BCUT2D eigenvalue weighted by Gasteiger charge is -2.25. The van der Waals surface area contributed by atoms with Crippen LogP contribution in [0.25, 0.3) is 0 Å². The standard InChI is InChI=1S/C25H26N2O3S/c28-25(26-22-13-7-8-14-22)21-12-9-15-23(18-21)27(19-20-10-3-1-4-11-20)31(29,30)24-16-5-2-6-17-24/h1-6,9-12,15-18,22H,7-8,13-14,19H2,(H,26,28). The minimum atomic E-state index is -3.82. The average molecular weight is 435 g/mol. The Kier molecular flexibility index (Phi) is 6.37. The van der Waals surface area contributed by atoms with Gasteiger partial charge in [-0.1, -0.05) is 67.4 Å². The number of carbonyl (C=O) groups excluding carboxylic acids is 1. The summed E-state index contributed by atoms with van der Waals surface area (Å²) in [6.45, 7) is 0.172. The molecule has 1 saturated carbocycles. The van der Waals surface area contributed by atoms with E-state index in [-0.39, 0.29) is 23.4 Å². The van der Waals surface area contributed by atoms with E-state index >= 15 is 0 Å². The van der Waals surface area contributed by atoms with Crippen LogP contribution in [0.2, 0.25) is 0 Å². The van der Waals surface area contributed by atoms with Gasteiger partial charge in [0.2, 0.25) is 0 Å². The van der Waals surface area contributed by atoms with Gasteiger partial charge in [-0.2, -0.15) is 0 Å². The van der Waals surface area contributed by atoms with E-state index in [1.54, 1.807) is 54.6 Å². The van der Waals surface area contributed by atoms with Crippen molar-refractivity contribution in [2.24, 2.45) is 0 Å². The molecule has 0 aromatic heterocycles. The molecular weight excluding hydrogens is 408 g/mol. The molecule has 5 nitrogen and oxygen atoms in total. The summed E-state index contributed by atoms with van der Waals surface area (Å²) in [4.78, 5) is 13.0. The van der Waals surface area contributed by atoms with Crippen LogP contribution in [0.1, 0.15) is 41.6 Å². The van der Waals surface area contributed by atoms with E-state index in [0.29, 0.717) is 11.3 Å². The largest absolute Gasteiger partial charge is 0.349 e. The second kappa shape index (κ2) is 9.35. The van der Waals surface area contributed by atoms with E-state index in [4.69, 9.17) is 0 Å². The predicted octanol–water partition coefficient (Wildman–Crippen LogP) is 4.75. The highest BCUT2D eigenvalue weighted by Crippen LogP contribution is 2.27. The van der Waals surface area contributed by atoms with Crippen molar-refractivity contribution in [3.05, 3.63) is 96.1 Å². The molecule has 160 valence electrons.